The summed E-state index contributed by atoms with van der Waals surface area (Å²) in [6.45, 7) is 1.80. The third-order valence-electron chi connectivity index (χ3n) is 3.89. The van der Waals surface area contributed by atoms with E-state index in [1.165, 1.54) is 0 Å². The number of nitrogens with zero attached hydrogens (tertiary/aromatic N) is 1. The molecular weight excluding hydrogens is 327 g/mol. The van der Waals surface area contributed by atoms with Crippen LogP contribution in [-0.2, 0) is 16.1 Å². The Morgan fingerprint density at radius 1 is 1.38 bits per heavy atom. The molecule has 0 saturated carbocycles. The van der Waals surface area contributed by atoms with Crippen LogP contribution in [0.25, 0.3) is 0 Å². The van der Waals surface area contributed by atoms with Gasteiger partial charge in [-0.25, -0.2) is 0 Å². The van der Waals surface area contributed by atoms with Crippen LogP contribution in [-0.4, -0.2) is 41.0 Å². The van der Waals surface area contributed by atoms with Crippen molar-refractivity contribution in [1.29, 1.82) is 0 Å². The lowest BCUT2D eigenvalue weighted by Crippen LogP contribution is -2.37. The number of halogens is 3. The molecule has 1 aromatic rings. The van der Waals surface area contributed by atoms with Gasteiger partial charge in [0, 0.05) is 30.8 Å². The summed E-state index contributed by atoms with van der Waals surface area (Å²) in [4.78, 5) is 38.8. The molecule has 132 valence electrons. The largest absolute Gasteiger partial charge is 0.406 e. The van der Waals surface area contributed by atoms with E-state index in [4.69, 9.17) is 0 Å². The minimum atomic E-state index is -4.49. The number of rotatable bonds is 4. The summed E-state index contributed by atoms with van der Waals surface area (Å²) in [5, 5.41) is 2.53. The van der Waals surface area contributed by atoms with E-state index in [0.29, 0.717) is 21.7 Å². The average molecular weight is 345 g/mol. The summed E-state index contributed by atoms with van der Waals surface area (Å²) in [5.74, 6) is -2.08. The summed E-state index contributed by atoms with van der Waals surface area (Å²) in [7, 11) is 0. The molecule has 1 atom stereocenters. The van der Waals surface area contributed by atoms with E-state index in [9.17, 15) is 27.6 Å². The number of aromatic nitrogens is 1. The Kier molecular flexibility index (Phi) is 5.00. The number of aromatic amines is 1. The SMILES string of the molecule is Cc1cc(C)c(CNC(=O)[C@H]2CC(=O)N(CC(F)(F)F)C2)c(=O)[nH]1. The number of H-pyrrole nitrogens is 1. The van der Waals surface area contributed by atoms with Gasteiger partial charge in [-0.15, -0.1) is 0 Å². The summed E-state index contributed by atoms with van der Waals surface area (Å²) >= 11 is 0. The molecule has 0 aromatic carbocycles. The summed E-state index contributed by atoms with van der Waals surface area (Å²) in [5.41, 5.74) is 1.45. The van der Waals surface area contributed by atoms with Gasteiger partial charge in [-0.05, 0) is 25.5 Å². The molecule has 0 radical (unpaired) electrons. The molecule has 0 unspecified atom stereocenters. The molecule has 1 saturated heterocycles. The van der Waals surface area contributed by atoms with E-state index >= 15 is 0 Å². The Balaban J connectivity index is 1.97. The van der Waals surface area contributed by atoms with Crippen molar-refractivity contribution in [2.45, 2.75) is 33.0 Å². The first-order chi connectivity index (χ1) is 11.1. The second-order valence-corrected chi connectivity index (χ2v) is 5.95. The van der Waals surface area contributed by atoms with Crippen LogP contribution in [0.3, 0.4) is 0 Å². The number of carbonyl (C=O) groups is 2. The fraction of sp³-hybridized carbons (Fsp3) is 0.533. The highest BCUT2D eigenvalue weighted by Gasteiger charge is 2.40. The van der Waals surface area contributed by atoms with Crippen molar-refractivity contribution in [3.8, 4) is 0 Å². The van der Waals surface area contributed by atoms with Crippen molar-refractivity contribution in [1.82, 2.24) is 15.2 Å². The van der Waals surface area contributed by atoms with Gasteiger partial charge in [0.25, 0.3) is 5.56 Å². The Morgan fingerprint density at radius 2 is 2.04 bits per heavy atom. The van der Waals surface area contributed by atoms with Gasteiger partial charge in [-0.2, -0.15) is 13.2 Å². The maximum atomic E-state index is 12.4. The third kappa shape index (κ3) is 4.36. The highest BCUT2D eigenvalue weighted by Crippen LogP contribution is 2.24. The molecule has 1 aliphatic rings. The monoisotopic (exact) mass is 345 g/mol. The maximum absolute atomic E-state index is 12.4. The van der Waals surface area contributed by atoms with E-state index in [-0.39, 0.29) is 25.1 Å². The first kappa shape index (κ1) is 18.0. The van der Waals surface area contributed by atoms with Crippen LogP contribution in [0.4, 0.5) is 13.2 Å². The normalized spacial score (nSPS) is 18.1. The van der Waals surface area contributed by atoms with Crippen LogP contribution in [0.2, 0.25) is 0 Å². The third-order valence-corrected chi connectivity index (χ3v) is 3.89. The van der Waals surface area contributed by atoms with E-state index < -0.39 is 30.5 Å². The Hall–Kier alpha value is -2.32. The summed E-state index contributed by atoms with van der Waals surface area (Å²) < 4.78 is 37.1. The molecule has 1 aromatic heterocycles. The van der Waals surface area contributed by atoms with E-state index in [0.717, 1.165) is 0 Å². The molecule has 0 bridgehead atoms. The molecule has 2 heterocycles. The van der Waals surface area contributed by atoms with Gasteiger partial charge in [-0.1, -0.05) is 0 Å². The molecule has 2 amide bonds. The van der Waals surface area contributed by atoms with Crippen molar-refractivity contribution >= 4 is 11.8 Å². The zero-order valence-corrected chi connectivity index (χ0v) is 13.3. The summed E-state index contributed by atoms with van der Waals surface area (Å²) in [6, 6.07) is 1.76. The van der Waals surface area contributed by atoms with Gasteiger partial charge in [0.05, 0.1) is 5.92 Å². The maximum Gasteiger partial charge on any atom is 0.406 e. The van der Waals surface area contributed by atoms with Crippen molar-refractivity contribution in [3.63, 3.8) is 0 Å². The zero-order chi connectivity index (χ0) is 18.1. The summed E-state index contributed by atoms with van der Waals surface area (Å²) in [6.07, 6.45) is -4.75. The standard InChI is InChI=1S/C15H18F3N3O3/c1-8-3-9(2)20-14(24)11(8)5-19-13(23)10-4-12(22)21(6-10)7-15(16,17)18/h3,10H,4-7H2,1-2H3,(H,19,23)(H,20,24)/t10-/m0/s1. The lowest BCUT2D eigenvalue weighted by molar-refractivity contribution is -0.157. The smallest absolute Gasteiger partial charge is 0.351 e. The highest BCUT2D eigenvalue weighted by molar-refractivity contribution is 5.89. The van der Waals surface area contributed by atoms with E-state index in [2.05, 4.69) is 10.3 Å². The second-order valence-electron chi connectivity index (χ2n) is 5.95. The van der Waals surface area contributed by atoms with Crippen molar-refractivity contribution in [3.05, 3.63) is 33.2 Å². The lowest BCUT2D eigenvalue weighted by Gasteiger charge is -2.18. The van der Waals surface area contributed by atoms with Crippen molar-refractivity contribution in [2.75, 3.05) is 13.1 Å². The molecule has 6 nitrogen and oxygen atoms in total. The fourth-order valence-corrected chi connectivity index (χ4v) is 2.74. The number of likely N-dealkylation sites (tertiary alicyclic amines) is 1. The van der Waals surface area contributed by atoms with Gasteiger partial charge < -0.3 is 15.2 Å². The number of nitrogens with one attached hydrogen (secondary N) is 2. The topological polar surface area (TPSA) is 82.3 Å². The molecular formula is C15H18F3N3O3. The van der Waals surface area contributed by atoms with Crippen LogP contribution in [0.15, 0.2) is 10.9 Å². The highest BCUT2D eigenvalue weighted by atomic mass is 19.4. The van der Waals surface area contributed by atoms with Gasteiger partial charge >= 0.3 is 6.18 Å². The number of aryl methyl sites for hydroxylation is 2. The Labute approximate surface area is 136 Å². The van der Waals surface area contributed by atoms with Crippen LogP contribution < -0.4 is 10.9 Å². The van der Waals surface area contributed by atoms with Gasteiger partial charge in [0.2, 0.25) is 11.8 Å². The number of hydrogen-bond donors (Lipinski definition) is 2. The second kappa shape index (κ2) is 6.66. The number of hydrogen-bond acceptors (Lipinski definition) is 3. The predicted octanol–water partition coefficient (Wildman–Crippen LogP) is 1.02. The first-order valence-electron chi connectivity index (χ1n) is 7.38. The molecule has 1 aliphatic heterocycles. The zero-order valence-electron chi connectivity index (χ0n) is 13.3. The Morgan fingerprint density at radius 3 is 2.62 bits per heavy atom. The molecule has 1 fully saturated rings. The number of alkyl halides is 3. The van der Waals surface area contributed by atoms with Crippen molar-refractivity contribution in [2.24, 2.45) is 5.92 Å². The molecule has 24 heavy (non-hydrogen) atoms. The Bertz CT molecular complexity index is 712. The molecule has 2 N–H and O–H groups in total. The minimum Gasteiger partial charge on any atom is -0.351 e. The van der Waals surface area contributed by atoms with Crippen LogP contribution in [0, 0.1) is 19.8 Å². The minimum absolute atomic E-state index is 0.0375. The molecule has 2 rings (SSSR count). The molecule has 0 spiro atoms. The van der Waals surface area contributed by atoms with Gasteiger partial charge in [-0.3, -0.25) is 14.4 Å². The number of amides is 2. The predicted molar refractivity (Wildman–Crippen MR) is 79.1 cm³/mol. The van der Waals surface area contributed by atoms with Crippen LogP contribution in [0.5, 0.6) is 0 Å². The number of carbonyl (C=O) groups excluding carboxylic acids is 2. The van der Waals surface area contributed by atoms with Gasteiger partial charge in [0.1, 0.15) is 6.54 Å². The van der Waals surface area contributed by atoms with Crippen LogP contribution >= 0.6 is 0 Å². The molecule has 9 heteroatoms. The van der Waals surface area contributed by atoms with Crippen molar-refractivity contribution < 1.29 is 22.8 Å². The van der Waals surface area contributed by atoms with Crippen LogP contribution in [0.1, 0.15) is 23.2 Å². The van der Waals surface area contributed by atoms with Gasteiger partial charge in [0.15, 0.2) is 0 Å². The van der Waals surface area contributed by atoms with E-state index in [1.54, 1.807) is 19.9 Å². The van der Waals surface area contributed by atoms with E-state index in [1.807, 2.05) is 0 Å². The first-order valence-corrected chi connectivity index (χ1v) is 7.38. The molecule has 0 aliphatic carbocycles. The number of pyridine rings is 1. The lowest BCUT2D eigenvalue weighted by atomic mass is 10.1. The quantitative estimate of drug-likeness (QED) is 0.855. The average Bonchev–Trinajstić information content (AvgIpc) is 2.76. The fourth-order valence-electron chi connectivity index (χ4n) is 2.74.